The van der Waals surface area contributed by atoms with Crippen molar-refractivity contribution in [2.45, 2.75) is 44.9 Å². The van der Waals surface area contributed by atoms with Crippen LogP contribution in [0, 0.1) is 0 Å². The van der Waals surface area contributed by atoms with Gasteiger partial charge in [-0.3, -0.25) is 4.90 Å². The van der Waals surface area contributed by atoms with Crippen LogP contribution in [0.2, 0.25) is 0 Å². The summed E-state index contributed by atoms with van der Waals surface area (Å²) >= 11 is 1.77. The van der Waals surface area contributed by atoms with Gasteiger partial charge in [-0.05, 0) is 48.9 Å². The lowest BCUT2D eigenvalue weighted by Crippen LogP contribution is -2.47. The van der Waals surface area contributed by atoms with Gasteiger partial charge in [-0.15, -0.1) is 11.3 Å². The summed E-state index contributed by atoms with van der Waals surface area (Å²) in [5, 5.41) is 3.51. The number of likely N-dealkylation sites (tertiary alicyclic amines) is 1. The summed E-state index contributed by atoms with van der Waals surface area (Å²) in [4.78, 5) is 16.5. The van der Waals surface area contributed by atoms with Crippen LogP contribution < -0.4 is 9.47 Å². The number of hydrogen-bond donors (Lipinski definition) is 0. The van der Waals surface area contributed by atoms with E-state index in [0.717, 1.165) is 74.7 Å². The number of benzene rings is 2. The molecule has 2 saturated heterocycles. The van der Waals surface area contributed by atoms with E-state index < -0.39 is 0 Å². The first-order valence-electron chi connectivity index (χ1n) is 13.4. The minimum atomic E-state index is -0.198. The van der Waals surface area contributed by atoms with Crippen molar-refractivity contribution in [1.29, 1.82) is 0 Å². The second-order valence-electron chi connectivity index (χ2n) is 9.95. The highest BCUT2D eigenvalue weighted by molar-refractivity contribution is 7.17. The van der Waals surface area contributed by atoms with Gasteiger partial charge in [0.1, 0.15) is 12.7 Å². The van der Waals surface area contributed by atoms with Gasteiger partial charge in [0, 0.05) is 59.9 Å². The van der Waals surface area contributed by atoms with Crippen LogP contribution in [0.15, 0.2) is 41.8 Å². The number of nitrogens with zero attached hydrogens (tertiary/aromatic N) is 2. The summed E-state index contributed by atoms with van der Waals surface area (Å²) in [5.41, 5.74) is 3.55. The first-order chi connectivity index (χ1) is 18.2. The van der Waals surface area contributed by atoms with Crippen LogP contribution in [0.25, 0.3) is 21.2 Å². The van der Waals surface area contributed by atoms with Crippen LogP contribution in [0.1, 0.15) is 31.7 Å². The molecule has 3 aliphatic rings. The number of rotatable bonds is 5. The molecule has 196 valence electrons. The monoisotopic (exact) mass is 522 g/mol. The normalized spacial score (nSPS) is 20.9. The molecule has 1 unspecified atom stereocenters. The van der Waals surface area contributed by atoms with Gasteiger partial charge in [0.2, 0.25) is 0 Å². The zero-order chi connectivity index (χ0) is 25.2. The van der Waals surface area contributed by atoms with E-state index in [9.17, 15) is 4.79 Å². The van der Waals surface area contributed by atoms with Gasteiger partial charge in [-0.2, -0.15) is 0 Å². The number of thiophene rings is 1. The summed E-state index contributed by atoms with van der Waals surface area (Å²) in [6.45, 7) is 7.34. The molecule has 0 radical (unpaired) electrons. The summed E-state index contributed by atoms with van der Waals surface area (Å²) in [6.07, 6.45) is 2.62. The highest BCUT2D eigenvalue weighted by atomic mass is 32.1. The number of carbonyl (C=O) groups excluding carboxylic acids is 1. The van der Waals surface area contributed by atoms with E-state index in [1.54, 1.807) is 11.3 Å². The topological polar surface area (TPSA) is 60.5 Å². The second-order valence-corrected chi connectivity index (χ2v) is 10.9. The summed E-state index contributed by atoms with van der Waals surface area (Å²) < 4.78 is 24.9. The highest BCUT2D eigenvalue weighted by Crippen LogP contribution is 2.43. The third-order valence-corrected chi connectivity index (χ3v) is 8.57. The molecule has 0 saturated carbocycles. The Bertz CT molecular complexity index is 1250. The van der Waals surface area contributed by atoms with E-state index >= 15 is 0 Å². The molecule has 0 spiro atoms. The SMILES string of the molecule is CCOC(=O)N1CCC(N2CCOc3c(cc(-c4csc5ccccc45)cc3OC3CCOC3)C2)CC1. The van der Waals surface area contributed by atoms with Crippen LogP contribution in [0.5, 0.6) is 11.5 Å². The second kappa shape index (κ2) is 10.9. The first-order valence-corrected chi connectivity index (χ1v) is 14.2. The molecule has 8 heteroatoms. The molecule has 6 rings (SSSR count). The fraction of sp³-hybridized carbons (Fsp3) is 0.483. The van der Waals surface area contributed by atoms with Crippen LogP contribution in [-0.4, -0.2) is 74.1 Å². The molecular formula is C29H34N2O5S. The molecule has 1 atom stereocenters. The number of fused-ring (bicyclic) bond motifs is 2. The van der Waals surface area contributed by atoms with Crippen molar-refractivity contribution in [2.75, 3.05) is 46.1 Å². The maximum atomic E-state index is 12.2. The van der Waals surface area contributed by atoms with E-state index in [-0.39, 0.29) is 12.2 Å². The van der Waals surface area contributed by atoms with E-state index in [4.69, 9.17) is 18.9 Å². The molecule has 37 heavy (non-hydrogen) atoms. The van der Waals surface area contributed by atoms with Crippen molar-refractivity contribution in [3.63, 3.8) is 0 Å². The van der Waals surface area contributed by atoms with Gasteiger partial charge in [0.05, 0.1) is 19.8 Å². The first kappa shape index (κ1) is 24.5. The van der Waals surface area contributed by atoms with Crippen molar-refractivity contribution >= 4 is 27.5 Å². The average molecular weight is 523 g/mol. The van der Waals surface area contributed by atoms with Gasteiger partial charge >= 0.3 is 6.09 Å². The van der Waals surface area contributed by atoms with E-state index in [1.807, 2.05) is 11.8 Å². The lowest BCUT2D eigenvalue weighted by Gasteiger charge is -2.37. The van der Waals surface area contributed by atoms with E-state index in [0.29, 0.717) is 25.9 Å². The van der Waals surface area contributed by atoms with Crippen molar-refractivity contribution in [3.05, 3.63) is 47.3 Å². The van der Waals surface area contributed by atoms with Crippen molar-refractivity contribution < 1.29 is 23.7 Å². The van der Waals surface area contributed by atoms with Crippen molar-refractivity contribution in [1.82, 2.24) is 9.80 Å². The Morgan fingerprint density at radius 2 is 1.97 bits per heavy atom. The smallest absolute Gasteiger partial charge is 0.409 e. The molecule has 1 amide bonds. The largest absolute Gasteiger partial charge is 0.488 e. The summed E-state index contributed by atoms with van der Waals surface area (Å²) in [6, 6.07) is 13.4. The quantitative estimate of drug-likeness (QED) is 0.438. The Labute approximate surface area is 221 Å². The Morgan fingerprint density at radius 1 is 1.11 bits per heavy atom. The summed E-state index contributed by atoms with van der Waals surface area (Å²) in [7, 11) is 0. The van der Waals surface area contributed by atoms with Crippen LogP contribution >= 0.6 is 11.3 Å². The fourth-order valence-corrected chi connectivity index (χ4v) is 6.64. The van der Waals surface area contributed by atoms with Crippen molar-refractivity contribution in [2.24, 2.45) is 0 Å². The van der Waals surface area contributed by atoms with Crippen LogP contribution in [-0.2, 0) is 16.0 Å². The molecule has 0 bridgehead atoms. The molecule has 2 aromatic carbocycles. The maximum absolute atomic E-state index is 12.2. The predicted octanol–water partition coefficient (Wildman–Crippen LogP) is 5.55. The predicted molar refractivity (Wildman–Crippen MR) is 145 cm³/mol. The Morgan fingerprint density at radius 3 is 2.78 bits per heavy atom. The molecule has 0 aliphatic carbocycles. The number of ether oxygens (including phenoxy) is 4. The standard InChI is InChI=1S/C29H34N2O5S/c1-2-34-29(32)30-10-7-22(8-11-30)31-12-14-35-28-21(17-31)15-20(16-26(28)36-23-9-13-33-18-23)25-19-37-27-6-4-3-5-24(25)27/h3-6,15-16,19,22-23H,2,7-14,17-18H2,1H3. The molecular weight excluding hydrogens is 488 g/mol. The molecule has 2 fully saturated rings. The maximum Gasteiger partial charge on any atom is 0.409 e. The number of hydrogen-bond acceptors (Lipinski definition) is 7. The minimum Gasteiger partial charge on any atom is -0.488 e. The molecule has 7 nitrogen and oxygen atoms in total. The average Bonchev–Trinajstić information content (AvgIpc) is 3.54. The Hall–Kier alpha value is -2.81. The van der Waals surface area contributed by atoms with Gasteiger partial charge in [0.25, 0.3) is 0 Å². The third-order valence-electron chi connectivity index (χ3n) is 7.61. The molecule has 3 aliphatic heterocycles. The zero-order valence-corrected chi connectivity index (χ0v) is 22.1. The number of amides is 1. The van der Waals surface area contributed by atoms with E-state index in [1.165, 1.54) is 15.6 Å². The number of carbonyl (C=O) groups is 1. The highest BCUT2D eigenvalue weighted by Gasteiger charge is 2.31. The molecule has 4 heterocycles. The molecule has 3 aromatic rings. The Balaban J connectivity index is 1.29. The lowest BCUT2D eigenvalue weighted by atomic mass is 9.99. The fourth-order valence-electron chi connectivity index (χ4n) is 5.67. The van der Waals surface area contributed by atoms with Crippen LogP contribution in [0.4, 0.5) is 4.79 Å². The minimum absolute atomic E-state index is 0.0497. The van der Waals surface area contributed by atoms with Crippen LogP contribution in [0.3, 0.4) is 0 Å². The number of piperidine rings is 1. The Kier molecular flexibility index (Phi) is 7.22. The van der Waals surface area contributed by atoms with Crippen molar-refractivity contribution in [3.8, 4) is 22.6 Å². The van der Waals surface area contributed by atoms with Gasteiger partial charge in [-0.25, -0.2) is 4.79 Å². The lowest BCUT2D eigenvalue weighted by molar-refractivity contribution is 0.0704. The summed E-state index contributed by atoms with van der Waals surface area (Å²) in [5.74, 6) is 1.68. The van der Waals surface area contributed by atoms with E-state index in [2.05, 4.69) is 46.7 Å². The zero-order valence-electron chi connectivity index (χ0n) is 21.3. The molecule has 0 N–H and O–H groups in total. The van der Waals surface area contributed by atoms with Gasteiger partial charge < -0.3 is 23.8 Å². The third kappa shape index (κ3) is 5.15. The van der Waals surface area contributed by atoms with Gasteiger partial charge in [0.15, 0.2) is 11.5 Å². The molecule has 1 aromatic heterocycles. The van der Waals surface area contributed by atoms with Gasteiger partial charge in [-0.1, -0.05) is 18.2 Å².